The van der Waals surface area contributed by atoms with E-state index in [9.17, 15) is 4.79 Å². The number of benzene rings is 1. The first kappa shape index (κ1) is 16.9. The zero-order chi connectivity index (χ0) is 17.6. The van der Waals surface area contributed by atoms with Crippen LogP contribution in [0.15, 0.2) is 43.0 Å². The summed E-state index contributed by atoms with van der Waals surface area (Å²) in [5.74, 6) is 0.732. The summed E-state index contributed by atoms with van der Waals surface area (Å²) in [6.07, 6.45) is 4.94. The van der Waals surface area contributed by atoms with E-state index in [1.54, 1.807) is 11.2 Å². The first-order chi connectivity index (χ1) is 12.1. The number of carbonyl (C=O) groups excluding carboxylic acids is 1. The van der Waals surface area contributed by atoms with Gasteiger partial charge >= 0.3 is 0 Å². The van der Waals surface area contributed by atoms with Crippen LogP contribution in [-0.2, 0) is 11.2 Å². The van der Waals surface area contributed by atoms with Crippen molar-refractivity contribution in [1.82, 2.24) is 24.8 Å². The van der Waals surface area contributed by atoms with Gasteiger partial charge in [-0.15, -0.1) is 0 Å². The first-order valence-corrected chi connectivity index (χ1v) is 8.28. The van der Waals surface area contributed by atoms with Gasteiger partial charge in [0.25, 0.3) is 0 Å². The monoisotopic (exact) mass is 338 g/mol. The molecule has 2 aromatic heterocycles. The third kappa shape index (κ3) is 4.12. The van der Waals surface area contributed by atoms with Gasteiger partial charge in [-0.3, -0.25) is 4.79 Å². The molecule has 3 rings (SSSR count). The highest BCUT2D eigenvalue weighted by Gasteiger charge is 2.16. The van der Waals surface area contributed by atoms with E-state index in [2.05, 4.69) is 32.1 Å². The maximum absolute atomic E-state index is 12.5. The zero-order valence-corrected chi connectivity index (χ0v) is 14.5. The SMILES string of the molecule is CN(CCCc1ccccc1)C(=O)CN(C)c1ncnc2nc[nH]c12. The van der Waals surface area contributed by atoms with Gasteiger partial charge in [-0.05, 0) is 18.4 Å². The van der Waals surface area contributed by atoms with Gasteiger partial charge in [-0.2, -0.15) is 0 Å². The number of aromatic amines is 1. The fourth-order valence-corrected chi connectivity index (χ4v) is 2.73. The van der Waals surface area contributed by atoms with E-state index in [0.29, 0.717) is 11.5 Å². The Balaban J connectivity index is 1.53. The van der Waals surface area contributed by atoms with Gasteiger partial charge in [0.2, 0.25) is 5.91 Å². The van der Waals surface area contributed by atoms with Crippen molar-refractivity contribution in [2.75, 3.05) is 32.1 Å². The second-order valence-corrected chi connectivity index (χ2v) is 6.06. The largest absolute Gasteiger partial charge is 0.348 e. The summed E-state index contributed by atoms with van der Waals surface area (Å²) in [4.78, 5) is 31.5. The summed E-state index contributed by atoms with van der Waals surface area (Å²) in [7, 11) is 3.69. The lowest BCUT2D eigenvalue weighted by atomic mass is 10.1. The zero-order valence-electron chi connectivity index (χ0n) is 14.5. The van der Waals surface area contributed by atoms with Crippen molar-refractivity contribution < 1.29 is 4.79 Å². The smallest absolute Gasteiger partial charge is 0.241 e. The van der Waals surface area contributed by atoms with Crippen molar-refractivity contribution in [1.29, 1.82) is 0 Å². The van der Waals surface area contributed by atoms with Gasteiger partial charge in [0.05, 0.1) is 12.9 Å². The lowest BCUT2D eigenvalue weighted by Crippen LogP contribution is -2.37. The Kier molecular flexibility index (Phi) is 5.23. The van der Waals surface area contributed by atoms with E-state index in [1.807, 2.05) is 37.2 Å². The topological polar surface area (TPSA) is 78.0 Å². The first-order valence-electron chi connectivity index (χ1n) is 8.28. The molecule has 0 atom stereocenters. The molecular formula is C18H22N6O. The molecule has 25 heavy (non-hydrogen) atoms. The van der Waals surface area contributed by atoms with Crippen LogP contribution in [0.25, 0.3) is 11.2 Å². The number of likely N-dealkylation sites (N-methyl/N-ethyl adjacent to an activating group) is 2. The van der Waals surface area contributed by atoms with Crippen molar-refractivity contribution in [3.05, 3.63) is 48.5 Å². The number of rotatable bonds is 7. The highest BCUT2D eigenvalue weighted by atomic mass is 16.2. The van der Waals surface area contributed by atoms with Crippen LogP contribution >= 0.6 is 0 Å². The van der Waals surface area contributed by atoms with Crippen LogP contribution < -0.4 is 4.90 Å². The number of fused-ring (bicyclic) bond motifs is 1. The maximum atomic E-state index is 12.5. The number of anilines is 1. The minimum Gasteiger partial charge on any atom is -0.348 e. The molecule has 0 radical (unpaired) electrons. The molecule has 0 aliphatic carbocycles. The molecule has 7 heteroatoms. The summed E-state index contributed by atoms with van der Waals surface area (Å²) in [5.41, 5.74) is 2.63. The molecule has 1 aromatic carbocycles. The number of aromatic nitrogens is 4. The summed E-state index contributed by atoms with van der Waals surface area (Å²) < 4.78 is 0. The van der Waals surface area contributed by atoms with E-state index in [-0.39, 0.29) is 12.5 Å². The Morgan fingerprint density at radius 3 is 2.72 bits per heavy atom. The number of amides is 1. The molecule has 0 spiro atoms. The number of carbonyl (C=O) groups is 1. The molecule has 1 N–H and O–H groups in total. The Morgan fingerprint density at radius 2 is 1.92 bits per heavy atom. The number of imidazole rings is 1. The molecular weight excluding hydrogens is 316 g/mol. The number of nitrogens with zero attached hydrogens (tertiary/aromatic N) is 5. The summed E-state index contributed by atoms with van der Waals surface area (Å²) in [6, 6.07) is 10.3. The van der Waals surface area contributed by atoms with Crippen LogP contribution in [0.2, 0.25) is 0 Å². The van der Waals surface area contributed by atoms with E-state index in [1.165, 1.54) is 11.9 Å². The second kappa shape index (κ2) is 7.74. The molecule has 3 aromatic rings. The number of aryl methyl sites for hydroxylation is 1. The highest BCUT2D eigenvalue weighted by Crippen LogP contribution is 2.18. The van der Waals surface area contributed by atoms with Crippen LogP contribution in [0.4, 0.5) is 5.82 Å². The Morgan fingerprint density at radius 1 is 1.12 bits per heavy atom. The molecule has 0 fully saturated rings. The van der Waals surface area contributed by atoms with Gasteiger partial charge in [0.1, 0.15) is 11.8 Å². The molecule has 1 amide bonds. The predicted molar refractivity (Wildman–Crippen MR) is 97.4 cm³/mol. The molecule has 0 bridgehead atoms. The van der Waals surface area contributed by atoms with E-state index < -0.39 is 0 Å². The van der Waals surface area contributed by atoms with E-state index >= 15 is 0 Å². The third-order valence-corrected chi connectivity index (χ3v) is 4.16. The Hall–Kier alpha value is -2.96. The standard InChI is InChI=1S/C18H22N6O/c1-23(10-6-9-14-7-4-3-5-8-14)15(25)11-24(2)18-16-17(20-12-19-16)21-13-22-18/h3-5,7-8,12-13H,6,9-11H2,1-2H3,(H,19,20,21,22). The summed E-state index contributed by atoms with van der Waals surface area (Å²) in [5, 5.41) is 0. The minimum absolute atomic E-state index is 0.0573. The quantitative estimate of drug-likeness (QED) is 0.712. The molecule has 0 aliphatic heterocycles. The summed E-state index contributed by atoms with van der Waals surface area (Å²) in [6.45, 7) is 0.984. The van der Waals surface area contributed by atoms with Gasteiger partial charge in [0.15, 0.2) is 11.5 Å². The molecule has 7 nitrogen and oxygen atoms in total. The fraction of sp³-hybridized carbons (Fsp3) is 0.333. The fourth-order valence-electron chi connectivity index (χ4n) is 2.73. The van der Waals surface area contributed by atoms with Gasteiger partial charge in [-0.1, -0.05) is 30.3 Å². The van der Waals surface area contributed by atoms with Crippen molar-refractivity contribution in [2.45, 2.75) is 12.8 Å². The predicted octanol–water partition coefficient (Wildman–Crippen LogP) is 1.88. The van der Waals surface area contributed by atoms with E-state index in [4.69, 9.17) is 0 Å². The van der Waals surface area contributed by atoms with Crippen molar-refractivity contribution >= 4 is 22.9 Å². The molecule has 0 unspecified atom stereocenters. The molecule has 0 aliphatic rings. The second-order valence-electron chi connectivity index (χ2n) is 6.06. The molecule has 0 saturated carbocycles. The van der Waals surface area contributed by atoms with Gasteiger partial charge in [-0.25, -0.2) is 15.0 Å². The van der Waals surface area contributed by atoms with Crippen molar-refractivity contribution in [3.8, 4) is 0 Å². The van der Waals surface area contributed by atoms with Crippen molar-refractivity contribution in [3.63, 3.8) is 0 Å². The third-order valence-electron chi connectivity index (χ3n) is 4.16. The van der Waals surface area contributed by atoms with Crippen LogP contribution in [0.1, 0.15) is 12.0 Å². The van der Waals surface area contributed by atoms with Gasteiger partial charge in [0, 0.05) is 20.6 Å². The molecule has 2 heterocycles. The lowest BCUT2D eigenvalue weighted by molar-refractivity contribution is -0.128. The van der Waals surface area contributed by atoms with E-state index in [0.717, 1.165) is 24.9 Å². The molecule has 130 valence electrons. The number of hydrogen-bond acceptors (Lipinski definition) is 5. The highest BCUT2D eigenvalue weighted by molar-refractivity contribution is 5.86. The van der Waals surface area contributed by atoms with Crippen molar-refractivity contribution in [2.24, 2.45) is 0 Å². The summed E-state index contributed by atoms with van der Waals surface area (Å²) >= 11 is 0. The number of hydrogen-bond donors (Lipinski definition) is 1. The van der Waals surface area contributed by atoms with Crippen LogP contribution in [0, 0.1) is 0 Å². The van der Waals surface area contributed by atoms with Crippen LogP contribution in [-0.4, -0.2) is 57.9 Å². The lowest BCUT2D eigenvalue weighted by Gasteiger charge is -2.22. The Bertz CT molecular complexity index is 832. The number of H-pyrrole nitrogens is 1. The normalized spacial score (nSPS) is 10.8. The minimum atomic E-state index is 0.0573. The maximum Gasteiger partial charge on any atom is 0.241 e. The molecule has 0 saturated heterocycles. The van der Waals surface area contributed by atoms with Crippen LogP contribution in [0.5, 0.6) is 0 Å². The van der Waals surface area contributed by atoms with Crippen LogP contribution in [0.3, 0.4) is 0 Å². The van der Waals surface area contributed by atoms with Gasteiger partial charge < -0.3 is 14.8 Å². The number of nitrogens with one attached hydrogen (secondary N) is 1. The Labute approximate surface area is 146 Å². The average Bonchev–Trinajstić information content (AvgIpc) is 3.11. The average molecular weight is 338 g/mol.